The van der Waals surface area contributed by atoms with Gasteiger partial charge in [-0.2, -0.15) is 0 Å². The predicted octanol–water partition coefficient (Wildman–Crippen LogP) is 3.71. The lowest BCUT2D eigenvalue weighted by molar-refractivity contribution is -0.0149. The van der Waals surface area contributed by atoms with Crippen LogP contribution in [-0.2, 0) is 17.9 Å². The van der Waals surface area contributed by atoms with Crippen LogP contribution in [0.2, 0.25) is 0 Å². The van der Waals surface area contributed by atoms with E-state index in [0.717, 1.165) is 12.5 Å². The number of nitrogens with zero attached hydrogens (tertiary/aromatic N) is 1. The SMILES string of the molecule is CN=C(NCc1cccc(COC(C)(C)C)c1)NC(C)C(C)C. The van der Waals surface area contributed by atoms with Crippen LogP contribution < -0.4 is 10.6 Å². The zero-order chi connectivity index (χ0) is 17.5. The molecule has 4 nitrogen and oxygen atoms in total. The molecule has 0 aliphatic heterocycles. The maximum Gasteiger partial charge on any atom is 0.191 e. The summed E-state index contributed by atoms with van der Waals surface area (Å²) < 4.78 is 5.84. The quantitative estimate of drug-likeness (QED) is 0.620. The molecule has 0 spiro atoms. The van der Waals surface area contributed by atoms with Gasteiger partial charge in [-0.1, -0.05) is 38.1 Å². The van der Waals surface area contributed by atoms with E-state index in [1.807, 2.05) is 0 Å². The first-order valence-electron chi connectivity index (χ1n) is 8.40. The summed E-state index contributed by atoms with van der Waals surface area (Å²) in [6.07, 6.45) is 0. The first kappa shape index (κ1) is 19.5. The largest absolute Gasteiger partial charge is 0.371 e. The van der Waals surface area contributed by atoms with Crippen LogP contribution in [-0.4, -0.2) is 24.7 Å². The zero-order valence-corrected chi connectivity index (χ0v) is 15.7. The molecule has 4 heteroatoms. The molecule has 0 aliphatic rings. The third kappa shape index (κ3) is 8.03. The molecule has 0 saturated heterocycles. The Bertz CT molecular complexity index is 504. The fourth-order valence-electron chi connectivity index (χ4n) is 1.89. The van der Waals surface area contributed by atoms with E-state index >= 15 is 0 Å². The summed E-state index contributed by atoms with van der Waals surface area (Å²) >= 11 is 0. The summed E-state index contributed by atoms with van der Waals surface area (Å²) in [7, 11) is 1.80. The molecule has 0 amide bonds. The molecule has 23 heavy (non-hydrogen) atoms. The highest BCUT2D eigenvalue weighted by Crippen LogP contribution is 2.13. The van der Waals surface area contributed by atoms with Crippen molar-refractivity contribution in [3.05, 3.63) is 35.4 Å². The number of hydrogen-bond donors (Lipinski definition) is 2. The number of benzene rings is 1. The Hall–Kier alpha value is -1.55. The predicted molar refractivity (Wildman–Crippen MR) is 98.6 cm³/mol. The van der Waals surface area contributed by atoms with Crippen molar-refractivity contribution in [1.29, 1.82) is 0 Å². The van der Waals surface area contributed by atoms with E-state index in [9.17, 15) is 0 Å². The minimum Gasteiger partial charge on any atom is -0.371 e. The van der Waals surface area contributed by atoms with E-state index < -0.39 is 0 Å². The molecule has 1 atom stereocenters. The highest BCUT2D eigenvalue weighted by Gasteiger charge is 2.11. The van der Waals surface area contributed by atoms with E-state index in [-0.39, 0.29) is 5.60 Å². The van der Waals surface area contributed by atoms with Crippen LogP contribution in [0.1, 0.15) is 52.7 Å². The van der Waals surface area contributed by atoms with Crippen molar-refractivity contribution in [2.24, 2.45) is 10.9 Å². The Labute approximate surface area is 141 Å². The van der Waals surface area contributed by atoms with Gasteiger partial charge in [0.25, 0.3) is 0 Å². The highest BCUT2D eigenvalue weighted by molar-refractivity contribution is 5.79. The van der Waals surface area contributed by atoms with E-state index in [4.69, 9.17) is 4.74 Å². The Kier molecular flexibility index (Phi) is 7.56. The van der Waals surface area contributed by atoms with Gasteiger partial charge in [0, 0.05) is 19.6 Å². The van der Waals surface area contributed by atoms with Crippen molar-refractivity contribution in [2.45, 2.75) is 66.3 Å². The molecule has 0 aromatic heterocycles. The molecule has 130 valence electrons. The molecule has 1 unspecified atom stereocenters. The summed E-state index contributed by atoms with van der Waals surface area (Å²) in [5, 5.41) is 6.78. The number of rotatable bonds is 6. The zero-order valence-electron chi connectivity index (χ0n) is 15.7. The molecule has 0 fully saturated rings. The molecule has 0 saturated carbocycles. The lowest BCUT2D eigenvalue weighted by Crippen LogP contribution is -2.43. The van der Waals surface area contributed by atoms with Crippen molar-refractivity contribution in [3.63, 3.8) is 0 Å². The summed E-state index contributed by atoms with van der Waals surface area (Å²) in [4.78, 5) is 4.29. The first-order valence-corrected chi connectivity index (χ1v) is 8.40. The molecular weight excluding hydrogens is 286 g/mol. The molecule has 1 rings (SSSR count). The van der Waals surface area contributed by atoms with E-state index in [0.29, 0.717) is 18.6 Å². The second-order valence-electron chi connectivity index (χ2n) is 7.32. The van der Waals surface area contributed by atoms with Gasteiger partial charge in [-0.05, 0) is 44.7 Å². The smallest absolute Gasteiger partial charge is 0.191 e. The van der Waals surface area contributed by atoms with E-state index in [1.54, 1.807) is 7.05 Å². The number of hydrogen-bond acceptors (Lipinski definition) is 2. The van der Waals surface area contributed by atoms with Gasteiger partial charge in [0.1, 0.15) is 0 Å². The summed E-state index contributed by atoms with van der Waals surface area (Å²) in [6, 6.07) is 8.85. The van der Waals surface area contributed by atoms with Gasteiger partial charge in [0.05, 0.1) is 12.2 Å². The minimum atomic E-state index is -0.118. The highest BCUT2D eigenvalue weighted by atomic mass is 16.5. The van der Waals surface area contributed by atoms with E-state index in [1.165, 1.54) is 11.1 Å². The lowest BCUT2D eigenvalue weighted by Gasteiger charge is -2.21. The van der Waals surface area contributed by atoms with Crippen LogP contribution in [0.15, 0.2) is 29.3 Å². The fraction of sp³-hybridized carbons (Fsp3) is 0.632. The normalized spacial score (nSPS) is 14.0. The van der Waals surface area contributed by atoms with Crippen molar-refractivity contribution >= 4 is 5.96 Å². The van der Waals surface area contributed by atoms with Crippen LogP contribution in [0.5, 0.6) is 0 Å². The van der Waals surface area contributed by atoms with Crippen molar-refractivity contribution < 1.29 is 4.74 Å². The van der Waals surface area contributed by atoms with Gasteiger partial charge in [-0.3, -0.25) is 4.99 Å². The second kappa shape index (κ2) is 8.92. The van der Waals surface area contributed by atoms with Crippen molar-refractivity contribution in [1.82, 2.24) is 10.6 Å². The Balaban J connectivity index is 2.57. The second-order valence-corrected chi connectivity index (χ2v) is 7.32. The topological polar surface area (TPSA) is 45.7 Å². The van der Waals surface area contributed by atoms with Crippen molar-refractivity contribution in [3.8, 4) is 0 Å². The minimum absolute atomic E-state index is 0.118. The van der Waals surface area contributed by atoms with Crippen LogP contribution >= 0.6 is 0 Å². The van der Waals surface area contributed by atoms with Crippen LogP contribution in [0, 0.1) is 5.92 Å². The van der Waals surface area contributed by atoms with Gasteiger partial charge in [-0.15, -0.1) is 0 Å². The van der Waals surface area contributed by atoms with Gasteiger partial charge in [0.15, 0.2) is 5.96 Å². The van der Waals surface area contributed by atoms with Gasteiger partial charge >= 0.3 is 0 Å². The fourth-order valence-corrected chi connectivity index (χ4v) is 1.89. The Morgan fingerprint density at radius 1 is 1.17 bits per heavy atom. The van der Waals surface area contributed by atoms with Crippen LogP contribution in [0.3, 0.4) is 0 Å². The van der Waals surface area contributed by atoms with E-state index in [2.05, 4.69) is 81.4 Å². The molecule has 0 aliphatic carbocycles. The van der Waals surface area contributed by atoms with Crippen molar-refractivity contribution in [2.75, 3.05) is 7.05 Å². The maximum absolute atomic E-state index is 5.84. The third-order valence-corrected chi connectivity index (χ3v) is 3.71. The average molecular weight is 319 g/mol. The molecule has 1 aromatic rings. The van der Waals surface area contributed by atoms with Gasteiger partial charge in [-0.25, -0.2) is 0 Å². The van der Waals surface area contributed by atoms with Crippen LogP contribution in [0.25, 0.3) is 0 Å². The maximum atomic E-state index is 5.84. The Morgan fingerprint density at radius 2 is 1.83 bits per heavy atom. The number of nitrogens with one attached hydrogen (secondary N) is 2. The van der Waals surface area contributed by atoms with Gasteiger partial charge < -0.3 is 15.4 Å². The molecule has 2 N–H and O–H groups in total. The lowest BCUT2D eigenvalue weighted by atomic mass is 10.1. The summed E-state index contributed by atoms with van der Waals surface area (Å²) in [5.41, 5.74) is 2.30. The molecule has 0 radical (unpaired) electrons. The number of guanidine groups is 1. The Morgan fingerprint density at radius 3 is 2.39 bits per heavy atom. The monoisotopic (exact) mass is 319 g/mol. The first-order chi connectivity index (χ1) is 10.7. The third-order valence-electron chi connectivity index (χ3n) is 3.71. The average Bonchev–Trinajstić information content (AvgIpc) is 2.48. The molecule has 0 heterocycles. The molecular formula is C19H33N3O. The van der Waals surface area contributed by atoms with Gasteiger partial charge in [0.2, 0.25) is 0 Å². The number of aliphatic imine (C=N–C) groups is 1. The molecule has 0 bridgehead atoms. The van der Waals surface area contributed by atoms with Crippen LogP contribution in [0.4, 0.5) is 0 Å². The summed E-state index contributed by atoms with van der Waals surface area (Å²) in [5.74, 6) is 1.40. The standard InChI is InChI=1S/C19H33N3O/c1-14(2)15(3)22-18(20-7)21-12-16-9-8-10-17(11-16)13-23-19(4,5)6/h8-11,14-15H,12-13H2,1-7H3,(H2,20,21,22). The molecule has 1 aromatic carbocycles. The summed E-state index contributed by atoms with van der Waals surface area (Å²) in [6.45, 7) is 14.2. The number of ether oxygens (including phenoxy) is 1.